The zero-order valence-corrected chi connectivity index (χ0v) is 16.2. The molecule has 5 rings (SSSR count). The summed E-state index contributed by atoms with van der Waals surface area (Å²) in [6.07, 6.45) is 0.804. The van der Waals surface area contributed by atoms with Gasteiger partial charge in [-0.15, -0.1) is 11.3 Å². The van der Waals surface area contributed by atoms with Crippen molar-refractivity contribution in [1.29, 1.82) is 5.26 Å². The lowest BCUT2D eigenvalue weighted by Gasteiger charge is -2.15. The fourth-order valence-electron chi connectivity index (χ4n) is 3.70. The number of fused-ring (bicyclic) bond motifs is 4. The smallest absolute Gasteiger partial charge is 0.233 e. The van der Waals surface area contributed by atoms with Gasteiger partial charge in [-0.2, -0.15) is 5.26 Å². The van der Waals surface area contributed by atoms with Crippen LogP contribution in [0.4, 0.5) is 0 Å². The highest BCUT2D eigenvalue weighted by Crippen LogP contribution is 2.43. The molecule has 1 aromatic carbocycles. The summed E-state index contributed by atoms with van der Waals surface area (Å²) in [4.78, 5) is 10.5. The topological polar surface area (TPSA) is 68.0 Å². The highest BCUT2D eigenvalue weighted by atomic mass is 32.1. The van der Waals surface area contributed by atoms with Crippen molar-refractivity contribution in [2.45, 2.75) is 20.0 Å². The number of thiophene rings is 1. The van der Waals surface area contributed by atoms with Gasteiger partial charge in [-0.25, -0.2) is 4.98 Å². The van der Waals surface area contributed by atoms with Gasteiger partial charge < -0.3 is 9.47 Å². The van der Waals surface area contributed by atoms with E-state index in [4.69, 9.17) is 14.5 Å². The van der Waals surface area contributed by atoms with Gasteiger partial charge in [-0.05, 0) is 18.6 Å². The average molecular weight is 387 g/mol. The van der Waals surface area contributed by atoms with Gasteiger partial charge in [0.15, 0.2) is 0 Å². The SMILES string of the molecule is CCOc1nc2sc3cc4c(nc3c2c(-c2ccccc2)c1C#N)CCOC4. The van der Waals surface area contributed by atoms with Crippen LogP contribution in [0.2, 0.25) is 0 Å². The van der Waals surface area contributed by atoms with E-state index in [1.807, 2.05) is 37.3 Å². The number of hydrogen-bond donors (Lipinski definition) is 0. The molecule has 0 bridgehead atoms. The van der Waals surface area contributed by atoms with Gasteiger partial charge in [0.05, 0.1) is 30.0 Å². The molecule has 138 valence electrons. The minimum absolute atomic E-state index is 0.385. The molecule has 0 aliphatic carbocycles. The summed E-state index contributed by atoms with van der Waals surface area (Å²) in [6.45, 7) is 3.64. The van der Waals surface area contributed by atoms with E-state index < -0.39 is 0 Å². The van der Waals surface area contributed by atoms with Crippen LogP contribution in [0.15, 0.2) is 36.4 Å². The number of pyridine rings is 2. The van der Waals surface area contributed by atoms with E-state index in [2.05, 4.69) is 17.1 Å². The number of nitriles is 1. The van der Waals surface area contributed by atoms with E-state index in [0.717, 1.165) is 49.2 Å². The normalized spacial score (nSPS) is 13.4. The first kappa shape index (κ1) is 17.1. The van der Waals surface area contributed by atoms with Crippen LogP contribution in [-0.2, 0) is 17.8 Å². The second kappa shape index (κ2) is 6.86. The van der Waals surface area contributed by atoms with Crippen LogP contribution < -0.4 is 4.74 Å². The third kappa shape index (κ3) is 2.63. The zero-order valence-electron chi connectivity index (χ0n) is 15.4. The Hall–Kier alpha value is -3.01. The summed E-state index contributed by atoms with van der Waals surface area (Å²) in [5.74, 6) is 0.385. The maximum atomic E-state index is 9.94. The number of ether oxygens (including phenoxy) is 2. The van der Waals surface area contributed by atoms with Gasteiger partial charge in [0.25, 0.3) is 0 Å². The van der Waals surface area contributed by atoms with Crippen LogP contribution in [0.1, 0.15) is 23.7 Å². The average Bonchev–Trinajstić information content (AvgIpc) is 3.08. The number of hydrogen-bond acceptors (Lipinski definition) is 6. The van der Waals surface area contributed by atoms with Crippen molar-refractivity contribution in [1.82, 2.24) is 9.97 Å². The molecule has 0 unspecified atom stereocenters. The number of aromatic nitrogens is 2. The van der Waals surface area contributed by atoms with E-state index in [9.17, 15) is 5.26 Å². The van der Waals surface area contributed by atoms with Crippen molar-refractivity contribution in [2.24, 2.45) is 0 Å². The largest absolute Gasteiger partial charge is 0.477 e. The first-order chi connectivity index (χ1) is 13.8. The summed E-state index contributed by atoms with van der Waals surface area (Å²) < 4.78 is 12.4. The van der Waals surface area contributed by atoms with Crippen LogP contribution in [-0.4, -0.2) is 23.2 Å². The molecule has 6 heteroatoms. The van der Waals surface area contributed by atoms with E-state index in [-0.39, 0.29) is 0 Å². The van der Waals surface area contributed by atoms with Crippen molar-refractivity contribution < 1.29 is 9.47 Å². The van der Waals surface area contributed by atoms with Crippen LogP contribution in [0.3, 0.4) is 0 Å². The molecule has 5 nitrogen and oxygen atoms in total. The van der Waals surface area contributed by atoms with Crippen molar-refractivity contribution >= 4 is 31.8 Å². The lowest BCUT2D eigenvalue weighted by atomic mass is 9.97. The molecular weight excluding hydrogens is 370 g/mol. The maximum Gasteiger partial charge on any atom is 0.233 e. The number of rotatable bonds is 3. The molecular formula is C22H17N3O2S. The summed E-state index contributed by atoms with van der Waals surface area (Å²) >= 11 is 1.58. The molecule has 1 aliphatic rings. The van der Waals surface area contributed by atoms with E-state index in [1.165, 1.54) is 0 Å². The Kier molecular flexibility index (Phi) is 4.19. The van der Waals surface area contributed by atoms with Crippen LogP contribution in [0.5, 0.6) is 5.88 Å². The van der Waals surface area contributed by atoms with Crippen molar-refractivity contribution in [3.05, 3.63) is 53.2 Å². The molecule has 0 saturated heterocycles. The van der Waals surface area contributed by atoms with Gasteiger partial charge in [-0.3, -0.25) is 4.98 Å². The Morgan fingerprint density at radius 3 is 2.89 bits per heavy atom. The third-order valence-corrected chi connectivity index (χ3v) is 5.95. The van der Waals surface area contributed by atoms with Gasteiger partial charge >= 0.3 is 0 Å². The molecule has 0 atom stereocenters. The minimum atomic E-state index is 0.385. The van der Waals surface area contributed by atoms with Gasteiger partial charge in [0.2, 0.25) is 5.88 Å². The Labute approximate surface area is 166 Å². The molecule has 0 fully saturated rings. The van der Waals surface area contributed by atoms with E-state index in [0.29, 0.717) is 31.3 Å². The van der Waals surface area contributed by atoms with Crippen molar-refractivity contribution in [3.8, 4) is 23.1 Å². The van der Waals surface area contributed by atoms with Crippen molar-refractivity contribution in [2.75, 3.05) is 13.2 Å². The first-order valence-corrected chi connectivity index (χ1v) is 10.1. The fourth-order valence-corrected chi connectivity index (χ4v) is 4.78. The Balaban J connectivity index is 1.92. The van der Waals surface area contributed by atoms with Gasteiger partial charge in [0.1, 0.15) is 16.5 Å². The molecule has 28 heavy (non-hydrogen) atoms. The molecule has 0 spiro atoms. The predicted molar refractivity (Wildman–Crippen MR) is 110 cm³/mol. The third-order valence-electron chi connectivity index (χ3n) is 4.93. The summed E-state index contributed by atoms with van der Waals surface area (Å²) in [7, 11) is 0. The summed E-state index contributed by atoms with van der Waals surface area (Å²) in [5.41, 5.74) is 5.40. The minimum Gasteiger partial charge on any atom is -0.477 e. The van der Waals surface area contributed by atoms with Crippen LogP contribution in [0.25, 0.3) is 31.6 Å². The van der Waals surface area contributed by atoms with Gasteiger partial charge in [0, 0.05) is 28.6 Å². The number of benzene rings is 1. The second-order valence-corrected chi connectivity index (χ2v) is 7.63. The Morgan fingerprint density at radius 2 is 2.11 bits per heavy atom. The summed E-state index contributed by atoms with van der Waals surface area (Å²) in [5, 5.41) is 10.9. The van der Waals surface area contributed by atoms with Crippen LogP contribution >= 0.6 is 11.3 Å². The first-order valence-electron chi connectivity index (χ1n) is 9.25. The van der Waals surface area contributed by atoms with Gasteiger partial charge in [-0.1, -0.05) is 30.3 Å². The van der Waals surface area contributed by atoms with Crippen molar-refractivity contribution in [3.63, 3.8) is 0 Å². The molecule has 1 aliphatic heterocycles. The Morgan fingerprint density at radius 1 is 1.25 bits per heavy atom. The molecule has 3 aromatic heterocycles. The maximum absolute atomic E-state index is 9.94. The number of nitrogens with zero attached hydrogens (tertiary/aromatic N) is 3. The lowest BCUT2D eigenvalue weighted by Crippen LogP contribution is -2.11. The predicted octanol–water partition coefficient (Wildman–Crippen LogP) is 4.85. The highest BCUT2D eigenvalue weighted by molar-refractivity contribution is 7.25. The summed E-state index contributed by atoms with van der Waals surface area (Å²) in [6, 6.07) is 14.4. The monoisotopic (exact) mass is 387 g/mol. The molecule has 0 radical (unpaired) electrons. The standard InChI is InChI=1S/C22H17N3O2S/c1-2-27-21-15(11-23)18(13-6-4-3-5-7-13)19-20-17(28-22(19)25-21)10-14-12-26-9-8-16(14)24-20/h3-7,10H,2,8-9,12H2,1H3. The molecule has 0 saturated carbocycles. The Bertz CT molecular complexity index is 1240. The molecule has 4 aromatic rings. The van der Waals surface area contributed by atoms with Crippen LogP contribution in [0, 0.1) is 11.3 Å². The van der Waals surface area contributed by atoms with E-state index in [1.54, 1.807) is 11.3 Å². The fraction of sp³-hybridized carbons (Fsp3) is 0.227. The molecule has 0 N–H and O–H groups in total. The molecule has 4 heterocycles. The lowest BCUT2D eigenvalue weighted by molar-refractivity contribution is 0.109. The molecule has 0 amide bonds. The van der Waals surface area contributed by atoms with E-state index >= 15 is 0 Å². The highest BCUT2D eigenvalue weighted by Gasteiger charge is 2.23. The zero-order chi connectivity index (χ0) is 19.1. The quantitative estimate of drug-likeness (QED) is 0.502. The second-order valence-electron chi connectivity index (χ2n) is 6.60.